The maximum absolute atomic E-state index is 12.5. The Morgan fingerprint density at radius 3 is 2.39 bits per heavy atom. The van der Waals surface area contributed by atoms with Crippen molar-refractivity contribution in [3.63, 3.8) is 0 Å². The molecule has 0 unspecified atom stereocenters. The molecule has 0 bridgehead atoms. The Bertz CT molecular complexity index is 674. The summed E-state index contributed by atoms with van der Waals surface area (Å²) in [6, 6.07) is 4.05. The zero-order valence-corrected chi connectivity index (χ0v) is 11.8. The van der Waals surface area contributed by atoms with Crippen LogP contribution in [0.2, 0.25) is 0 Å². The third-order valence-corrected chi connectivity index (χ3v) is 2.79. The van der Waals surface area contributed by atoms with E-state index in [1.165, 1.54) is 12.4 Å². The largest absolute Gasteiger partial charge is 0.416 e. The van der Waals surface area contributed by atoms with Crippen LogP contribution in [-0.2, 0) is 6.18 Å². The number of hydrogen-bond acceptors (Lipinski definition) is 5. The summed E-state index contributed by atoms with van der Waals surface area (Å²) in [7, 11) is 0. The van der Waals surface area contributed by atoms with Crippen LogP contribution < -0.4 is 10.6 Å². The van der Waals surface area contributed by atoms with Gasteiger partial charge in [0.1, 0.15) is 0 Å². The third-order valence-electron chi connectivity index (χ3n) is 2.79. The van der Waals surface area contributed by atoms with Gasteiger partial charge in [0.05, 0.1) is 12.2 Å². The number of anilines is 2. The van der Waals surface area contributed by atoms with Gasteiger partial charge in [0, 0.05) is 24.6 Å². The monoisotopic (exact) mass is 326 g/mol. The molecule has 0 spiro atoms. The average molecular weight is 326 g/mol. The molecule has 0 aliphatic rings. The van der Waals surface area contributed by atoms with Crippen LogP contribution in [0.3, 0.4) is 0 Å². The number of nitrogens with one attached hydrogen (secondary N) is 2. The number of aromatic nitrogens is 2. The minimum absolute atomic E-state index is 0.0270. The van der Waals surface area contributed by atoms with Gasteiger partial charge in [-0.25, -0.2) is 9.97 Å². The van der Waals surface area contributed by atoms with E-state index >= 15 is 0 Å². The number of amides is 1. The molecule has 0 aliphatic heterocycles. The molecule has 1 amide bonds. The molecule has 0 saturated carbocycles. The first-order valence-electron chi connectivity index (χ1n) is 6.56. The van der Waals surface area contributed by atoms with E-state index < -0.39 is 17.6 Å². The molecule has 0 radical (unpaired) electrons. The summed E-state index contributed by atoms with van der Waals surface area (Å²) in [4.78, 5) is 20.0. The van der Waals surface area contributed by atoms with Gasteiger partial charge in [-0.15, -0.1) is 0 Å². The zero-order chi connectivity index (χ0) is 16.9. The topological polar surface area (TPSA) is 87.1 Å². The predicted octanol–water partition coefficient (Wildman–Crippen LogP) is 2.15. The summed E-state index contributed by atoms with van der Waals surface area (Å²) >= 11 is 0. The Morgan fingerprint density at radius 2 is 1.78 bits per heavy atom. The van der Waals surface area contributed by atoms with Gasteiger partial charge in [-0.05, 0) is 24.3 Å². The Morgan fingerprint density at radius 1 is 1.13 bits per heavy atom. The highest BCUT2D eigenvalue weighted by atomic mass is 19.4. The molecule has 9 heteroatoms. The van der Waals surface area contributed by atoms with Crippen molar-refractivity contribution in [1.29, 1.82) is 0 Å². The summed E-state index contributed by atoms with van der Waals surface area (Å²) < 4.78 is 37.5. The van der Waals surface area contributed by atoms with Crippen LogP contribution in [0.4, 0.5) is 24.7 Å². The van der Waals surface area contributed by atoms with Gasteiger partial charge >= 0.3 is 6.18 Å². The fraction of sp³-hybridized carbons (Fsp3) is 0.214. The molecule has 3 N–H and O–H groups in total. The number of nitrogens with zero attached hydrogens (tertiary/aromatic N) is 2. The standard InChI is InChI=1S/C14H13F3N4O2/c15-14(16,17)9-1-3-10(4-2-9)21-13(23)11-12(20-7-8-22)19-6-5-18-11/h1-6,22H,7-8H2,(H,19,20)(H,21,23). The Balaban J connectivity index is 2.13. The van der Waals surface area contributed by atoms with Crippen molar-refractivity contribution in [1.82, 2.24) is 9.97 Å². The van der Waals surface area contributed by atoms with Gasteiger partial charge in [0.2, 0.25) is 0 Å². The van der Waals surface area contributed by atoms with Crippen LogP contribution in [0.15, 0.2) is 36.7 Å². The molecule has 1 aromatic carbocycles. The Kier molecular flexibility index (Phi) is 5.12. The molecule has 23 heavy (non-hydrogen) atoms. The molecular weight excluding hydrogens is 313 g/mol. The summed E-state index contributed by atoms with van der Waals surface area (Å²) in [6.45, 7) is 0.0236. The van der Waals surface area contributed by atoms with Crippen LogP contribution in [-0.4, -0.2) is 34.1 Å². The average Bonchev–Trinajstić information content (AvgIpc) is 2.53. The molecular formula is C14H13F3N4O2. The number of alkyl halides is 3. The lowest BCUT2D eigenvalue weighted by Crippen LogP contribution is -2.18. The SMILES string of the molecule is O=C(Nc1ccc(C(F)(F)F)cc1)c1nccnc1NCCO. The number of aliphatic hydroxyl groups excluding tert-OH is 1. The summed E-state index contributed by atoms with van der Waals surface area (Å²) in [5, 5.41) is 13.9. The van der Waals surface area contributed by atoms with Gasteiger partial charge in [0.15, 0.2) is 11.5 Å². The van der Waals surface area contributed by atoms with Crippen LogP contribution >= 0.6 is 0 Å². The molecule has 0 aliphatic carbocycles. The zero-order valence-electron chi connectivity index (χ0n) is 11.8. The van der Waals surface area contributed by atoms with Crippen molar-refractivity contribution in [2.45, 2.75) is 6.18 Å². The van der Waals surface area contributed by atoms with E-state index in [2.05, 4.69) is 20.6 Å². The van der Waals surface area contributed by atoms with Crippen molar-refractivity contribution in [3.8, 4) is 0 Å². The number of halogens is 3. The van der Waals surface area contributed by atoms with Crippen LogP contribution in [0.1, 0.15) is 16.1 Å². The van der Waals surface area contributed by atoms with Gasteiger partial charge < -0.3 is 15.7 Å². The second-order valence-corrected chi connectivity index (χ2v) is 4.43. The molecule has 1 aromatic heterocycles. The molecule has 0 fully saturated rings. The normalized spacial score (nSPS) is 11.1. The molecule has 6 nitrogen and oxygen atoms in total. The Labute approximate surface area is 129 Å². The third kappa shape index (κ3) is 4.39. The molecule has 122 valence electrons. The highest BCUT2D eigenvalue weighted by molar-refractivity contribution is 6.05. The maximum Gasteiger partial charge on any atom is 0.416 e. The molecule has 0 saturated heterocycles. The van der Waals surface area contributed by atoms with Crippen molar-refractivity contribution >= 4 is 17.4 Å². The predicted molar refractivity (Wildman–Crippen MR) is 77.0 cm³/mol. The van der Waals surface area contributed by atoms with Crippen LogP contribution in [0, 0.1) is 0 Å². The van der Waals surface area contributed by atoms with Crippen molar-refractivity contribution in [2.24, 2.45) is 0 Å². The Hall–Kier alpha value is -2.68. The summed E-state index contributed by atoms with van der Waals surface area (Å²) in [5.74, 6) is -0.454. The van der Waals surface area contributed by atoms with Crippen molar-refractivity contribution in [2.75, 3.05) is 23.8 Å². The van der Waals surface area contributed by atoms with E-state index in [9.17, 15) is 18.0 Å². The minimum Gasteiger partial charge on any atom is -0.395 e. The van der Waals surface area contributed by atoms with Gasteiger partial charge in [-0.3, -0.25) is 4.79 Å². The summed E-state index contributed by atoms with van der Waals surface area (Å²) in [6.07, 6.45) is -1.75. The lowest BCUT2D eigenvalue weighted by molar-refractivity contribution is -0.137. The number of rotatable bonds is 5. The lowest BCUT2D eigenvalue weighted by Gasteiger charge is -2.10. The first-order valence-corrected chi connectivity index (χ1v) is 6.56. The van der Waals surface area contributed by atoms with E-state index in [0.717, 1.165) is 24.3 Å². The molecule has 2 aromatic rings. The summed E-state index contributed by atoms with van der Waals surface area (Å²) in [5.41, 5.74) is -0.636. The van der Waals surface area contributed by atoms with Crippen LogP contribution in [0.25, 0.3) is 0 Å². The molecule has 1 heterocycles. The van der Waals surface area contributed by atoms with Gasteiger partial charge in [-0.2, -0.15) is 13.2 Å². The lowest BCUT2D eigenvalue weighted by atomic mass is 10.2. The van der Waals surface area contributed by atoms with E-state index in [1.54, 1.807) is 0 Å². The van der Waals surface area contributed by atoms with Crippen LogP contribution in [0.5, 0.6) is 0 Å². The molecule has 2 rings (SSSR count). The number of aliphatic hydroxyl groups is 1. The smallest absolute Gasteiger partial charge is 0.395 e. The number of benzene rings is 1. The number of carbonyl (C=O) groups excluding carboxylic acids is 1. The van der Waals surface area contributed by atoms with E-state index in [-0.39, 0.29) is 30.4 Å². The van der Waals surface area contributed by atoms with Crippen molar-refractivity contribution in [3.05, 3.63) is 47.9 Å². The number of hydrogen-bond donors (Lipinski definition) is 3. The van der Waals surface area contributed by atoms with E-state index in [4.69, 9.17) is 5.11 Å². The van der Waals surface area contributed by atoms with Crippen molar-refractivity contribution < 1.29 is 23.1 Å². The number of carbonyl (C=O) groups is 1. The highest BCUT2D eigenvalue weighted by Gasteiger charge is 2.30. The highest BCUT2D eigenvalue weighted by Crippen LogP contribution is 2.29. The van der Waals surface area contributed by atoms with E-state index in [0.29, 0.717) is 0 Å². The second-order valence-electron chi connectivity index (χ2n) is 4.43. The van der Waals surface area contributed by atoms with Gasteiger partial charge in [0.25, 0.3) is 5.91 Å². The molecule has 0 atom stereocenters. The quantitative estimate of drug-likeness (QED) is 0.784. The second kappa shape index (κ2) is 7.05. The maximum atomic E-state index is 12.5. The fourth-order valence-corrected chi connectivity index (χ4v) is 1.74. The fourth-order valence-electron chi connectivity index (χ4n) is 1.74. The first kappa shape index (κ1) is 16.7. The van der Waals surface area contributed by atoms with E-state index in [1.807, 2.05) is 0 Å². The van der Waals surface area contributed by atoms with Gasteiger partial charge in [-0.1, -0.05) is 0 Å². The minimum atomic E-state index is -4.44. The first-order chi connectivity index (χ1) is 10.9.